The second-order valence-electron chi connectivity index (χ2n) is 6.22. The van der Waals surface area contributed by atoms with Gasteiger partial charge in [0.05, 0.1) is 6.10 Å². The average Bonchev–Trinajstić information content (AvgIpc) is 3.30. The molecule has 0 spiro atoms. The number of hydrogen-bond donors (Lipinski definition) is 2. The van der Waals surface area contributed by atoms with Crippen LogP contribution in [-0.4, -0.2) is 43.6 Å². The fraction of sp³-hybridized carbons (Fsp3) is 0.611. The summed E-state index contributed by atoms with van der Waals surface area (Å²) < 4.78 is 5.88. The van der Waals surface area contributed by atoms with Crippen LogP contribution in [0.1, 0.15) is 33.1 Å². The number of halogens is 1. The summed E-state index contributed by atoms with van der Waals surface area (Å²) in [5.74, 6) is 0.884. The molecule has 4 nitrogen and oxygen atoms in total. The monoisotopic (exact) mass is 463 g/mol. The highest BCUT2D eigenvalue weighted by atomic mass is 127. The van der Waals surface area contributed by atoms with Gasteiger partial charge in [-0.25, -0.2) is 0 Å². The molecular formula is C18H30IN3OS. The molecule has 0 unspecified atom stereocenters. The van der Waals surface area contributed by atoms with Crippen LogP contribution < -0.4 is 10.6 Å². The molecule has 0 radical (unpaired) electrons. The quantitative estimate of drug-likeness (QED) is 0.252. The van der Waals surface area contributed by atoms with Crippen LogP contribution in [0.2, 0.25) is 0 Å². The zero-order chi connectivity index (χ0) is 16.5. The van der Waals surface area contributed by atoms with Crippen LogP contribution in [0.3, 0.4) is 0 Å². The molecule has 1 aromatic carbocycles. The first-order chi connectivity index (χ1) is 11.1. The Hall–Kier alpha value is -0.470. The Balaban J connectivity index is 0.00000288. The number of nitrogens with zero attached hydrogens (tertiary/aromatic N) is 1. The summed E-state index contributed by atoms with van der Waals surface area (Å²) >= 11 is 1.98. The zero-order valence-corrected chi connectivity index (χ0v) is 18.0. The summed E-state index contributed by atoms with van der Waals surface area (Å²) in [5, 5.41) is 6.83. The maximum atomic E-state index is 5.54. The van der Waals surface area contributed by atoms with Crippen LogP contribution in [0.4, 0.5) is 0 Å². The summed E-state index contributed by atoms with van der Waals surface area (Å²) in [4.78, 5) is 5.65. The molecular weight excluding hydrogens is 433 g/mol. The second-order valence-corrected chi connectivity index (χ2v) is 7.77. The Bertz CT molecular complexity index is 492. The lowest BCUT2D eigenvalue weighted by Gasteiger charge is -2.18. The van der Waals surface area contributed by atoms with Crippen molar-refractivity contribution in [2.75, 3.05) is 26.7 Å². The highest BCUT2D eigenvalue weighted by molar-refractivity contribution is 14.0. The normalized spacial score (nSPS) is 15.8. The van der Waals surface area contributed by atoms with Gasteiger partial charge in [-0.2, -0.15) is 0 Å². The van der Waals surface area contributed by atoms with E-state index in [2.05, 4.69) is 59.8 Å². The number of hydrogen-bond acceptors (Lipinski definition) is 3. The fourth-order valence-electron chi connectivity index (χ4n) is 2.26. The van der Waals surface area contributed by atoms with Crippen molar-refractivity contribution in [3.8, 4) is 0 Å². The Morgan fingerprint density at radius 2 is 1.96 bits per heavy atom. The van der Waals surface area contributed by atoms with E-state index in [1.807, 2.05) is 18.8 Å². The lowest BCUT2D eigenvalue weighted by Crippen LogP contribution is -2.41. The Labute approximate surface area is 167 Å². The van der Waals surface area contributed by atoms with Gasteiger partial charge in [0.1, 0.15) is 0 Å². The molecule has 136 valence electrons. The molecule has 0 amide bonds. The van der Waals surface area contributed by atoms with Gasteiger partial charge in [-0.05, 0) is 45.2 Å². The minimum absolute atomic E-state index is 0. The number of aliphatic imine (C=N–C) groups is 1. The van der Waals surface area contributed by atoms with E-state index in [0.29, 0.717) is 10.9 Å². The number of thioether (sulfide) groups is 1. The van der Waals surface area contributed by atoms with Gasteiger partial charge >= 0.3 is 0 Å². The number of nitrogens with one attached hydrogen (secondary N) is 2. The minimum atomic E-state index is 0. The number of guanidine groups is 1. The van der Waals surface area contributed by atoms with Crippen LogP contribution in [0.5, 0.6) is 0 Å². The highest BCUT2D eigenvalue weighted by Crippen LogP contribution is 2.51. The summed E-state index contributed by atoms with van der Waals surface area (Å²) in [6.07, 6.45) is 3.82. The first-order valence-electron chi connectivity index (χ1n) is 8.44. The number of rotatable bonds is 9. The third-order valence-electron chi connectivity index (χ3n) is 3.75. The number of ether oxygens (including phenoxy) is 1. The molecule has 1 aliphatic carbocycles. The molecule has 1 aliphatic rings. The second kappa shape index (κ2) is 11.2. The molecule has 0 aromatic heterocycles. The molecule has 0 heterocycles. The van der Waals surface area contributed by atoms with Gasteiger partial charge in [-0.15, -0.1) is 35.7 Å². The van der Waals surface area contributed by atoms with Crippen molar-refractivity contribution >= 4 is 41.7 Å². The molecule has 2 N–H and O–H groups in total. The predicted molar refractivity (Wildman–Crippen MR) is 115 cm³/mol. The summed E-state index contributed by atoms with van der Waals surface area (Å²) in [7, 11) is 1.82. The molecule has 1 fully saturated rings. The molecule has 0 atom stereocenters. The van der Waals surface area contributed by atoms with E-state index in [4.69, 9.17) is 4.74 Å². The van der Waals surface area contributed by atoms with E-state index >= 15 is 0 Å². The van der Waals surface area contributed by atoms with E-state index in [1.165, 1.54) is 17.7 Å². The van der Waals surface area contributed by atoms with Crippen molar-refractivity contribution in [1.29, 1.82) is 0 Å². The molecule has 2 rings (SSSR count). The largest absolute Gasteiger partial charge is 0.379 e. The Morgan fingerprint density at radius 3 is 2.54 bits per heavy atom. The van der Waals surface area contributed by atoms with Crippen molar-refractivity contribution in [2.24, 2.45) is 4.99 Å². The first-order valence-corrected chi connectivity index (χ1v) is 9.25. The lowest BCUT2D eigenvalue weighted by atomic mass is 10.4. The van der Waals surface area contributed by atoms with Gasteiger partial charge in [-0.1, -0.05) is 18.2 Å². The Morgan fingerprint density at radius 1 is 1.25 bits per heavy atom. The van der Waals surface area contributed by atoms with E-state index in [0.717, 1.165) is 32.1 Å². The van der Waals surface area contributed by atoms with Gasteiger partial charge in [0.15, 0.2) is 5.96 Å². The van der Waals surface area contributed by atoms with Gasteiger partial charge in [0, 0.05) is 36.4 Å². The molecule has 0 bridgehead atoms. The van der Waals surface area contributed by atoms with E-state index in [1.54, 1.807) is 0 Å². The van der Waals surface area contributed by atoms with Crippen molar-refractivity contribution < 1.29 is 4.74 Å². The topological polar surface area (TPSA) is 45.7 Å². The number of benzene rings is 1. The van der Waals surface area contributed by atoms with E-state index in [9.17, 15) is 0 Å². The molecule has 1 aromatic rings. The van der Waals surface area contributed by atoms with Gasteiger partial charge < -0.3 is 15.4 Å². The third kappa shape index (κ3) is 8.07. The smallest absolute Gasteiger partial charge is 0.191 e. The van der Waals surface area contributed by atoms with Gasteiger partial charge in [0.2, 0.25) is 0 Å². The van der Waals surface area contributed by atoms with E-state index < -0.39 is 0 Å². The highest BCUT2D eigenvalue weighted by Gasteiger charge is 2.43. The molecule has 1 saturated carbocycles. The summed E-state index contributed by atoms with van der Waals surface area (Å²) in [5.41, 5.74) is 0. The van der Waals surface area contributed by atoms with Gasteiger partial charge in [-0.3, -0.25) is 4.99 Å². The van der Waals surface area contributed by atoms with Crippen molar-refractivity contribution in [3.05, 3.63) is 30.3 Å². The molecule has 0 saturated heterocycles. The van der Waals surface area contributed by atoms with Crippen LogP contribution in [0.15, 0.2) is 40.2 Å². The average molecular weight is 463 g/mol. The predicted octanol–water partition coefficient (Wildman–Crippen LogP) is 3.91. The molecule has 24 heavy (non-hydrogen) atoms. The van der Waals surface area contributed by atoms with Crippen LogP contribution in [0.25, 0.3) is 0 Å². The summed E-state index contributed by atoms with van der Waals surface area (Å²) in [6.45, 7) is 6.75. The minimum Gasteiger partial charge on any atom is -0.379 e. The zero-order valence-electron chi connectivity index (χ0n) is 14.9. The first kappa shape index (κ1) is 21.6. The fourth-order valence-corrected chi connectivity index (χ4v) is 3.50. The Kier molecular flexibility index (Phi) is 10.1. The van der Waals surface area contributed by atoms with Gasteiger partial charge in [0.25, 0.3) is 0 Å². The summed E-state index contributed by atoms with van der Waals surface area (Å²) in [6, 6.07) is 10.6. The standard InChI is InChI=1S/C18H29N3OS.HI/c1-15(2)22-13-7-12-20-17(19-3)21-14-18(10-11-18)23-16-8-5-4-6-9-16;/h4-6,8-9,15H,7,10-14H2,1-3H3,(H2,19,20,21);1H. The molecule has 6 heteroatoms. The lowest BCUT2D eigenvalue weighted by molar-refractivity contribution is 0.0776. The van der Waals surface area contributed by atoms with Crippen molar-refractivity contribution in [2.45, 2.75) is 48.9 Å². The van der Waals surface area contributed by atoms with Crippen molar-refractivity contribution in [1.82, 2.24) is 10.6 Å². The third-order valence-corrected chi connectivity index (χ3v) is 5.25. The van der Waals surface area contributed by atoms with E-state index in [-0.39, 0.29) is 24.0 Å². The van der Waals surface area contributed by atoms with Crippen molar-refractivity contribution in [3.63, 3.8) is 0 Å². The SMILES string of the molecule is CN=C(NCCCOC(C)C)NCC1(Sc2ccccc2)CC1.I. The van der Waals surface area contributed by atoms with Crippen LogP contribution in [-0.2, 0) is 4.74 Å². The maximum absolute atomic E-state index is 5.54. The maximum Gasteiger partial charge on any atom is 0.191 e. The van der Waals surface area contributed by atoms with Crippen LogP contribution >= 0.6 is 35.7 Å². The van der Waals surface area contributed by atoms with Crippen LogP contribution in [0, 0.1) is 0 Å². The molecule has 0 aliphatic heterocycles.